The highest BCUT2D eigenvalue weighted by molar-refractivity contribution is 6.05. The van der Waals surface area contributed by atoms with Crippen molar-refractivity contribution in [1.82, 2.24) is 0 Å². The molecule has 9 heteroatoms. The number of carbonyl (C=O) groups is 2. The third-order valence-electron chi connectivity index (χ3n) is 3.12. The van der Waals surface area contributed by atoms with Gasteiger partial charge in [0.25, 0.3) is 5.91 Å². The highest BCUT2D eigenvalue weighted by Gasteiger charge is 2.39. The van der Waals surface area contributed by atoms with Crippen molar-refractivity contribution < 1.29 is 31.5 Å². The second kappa shape index (κ2) is 6.88. The molecule has 25 heavy (non-hydrogen) atoms. The predicted octanol–water partition coefficient (Wildman–Crippen LogP) is 4.03. The minimum atomic E-state index is -5.24. The molecule has 0 heterocycles. The van der Waals surface area contributed by atoms with E-state index in [9.17, 15) is 31.5 Å². The van der Waals surface area contributed by atoms with Crippen molar-refractivity contribution >= 4 is 23.2 Å². The van der Waals surface area contributed by atoms with E-state index in [-0.39, 0.29) is 5.56 Å². The largest absolute Gasteiger partial charge is 0.471 e. The predicted molar refractivity (Wildman–Crippen MR) is 80.2 cm³/mol. The number of aryl methyl sites for hydroxylation is 1. The van der Waals surface area contributed by atoms with Crippen molar-refractivity contribution in [2.75, 3.05) is 10.6 Å². The van der Waals surface area contributed by atoms with Crippen LogP contribution >= 0.6 is 0 Å². The maximum absolute atomic E-state index is 14.2. The topological polar surface area (TPSA) is 58.2 Å². The van der Waals surface area contributed by atoms with Crippen molar-refractivity contribution in [1.29, 1.82) is 0 Å². The molecule has 0 saturated heterocycles. The van der Waals surface area contributed by atoms with Crippen LogP contribution in [0.5, 0.6) is 0 Å². The molecule has 0 aliphatic heterocycles. The summed E-state index contributed by atoms with van der Waals surface area (Å²) in [6, 6.07) is 7.35. The highest BCUT2D eigenvalue weighted by atomic mass is 19.4. The molecule has 2 N–H and O–H groups in total. The fraction of sp³-hybridized carbons (Fsp3) is 0.125. The first-order valence-electron chi connectivity index (χ1n) is 6.84. The SMILES string of the molecule is Cc1cccc(C(=O)Nc2c(F)ccc(NC(=O)C(F)(F)F)c2F)c1. The van der Waals surface area contributed by atoms with Gasteiger partial charge in [0, 0.05) is 5.56 Å². The molecule has 0 aliphatic rings. The maximum atomic E-state index is 14.2. The molecule has 0 spiro atoms. The summed E-state index contributed by atoms with van der Waals surface area (Å²) in [5.74, 6) is -6.02. The number of benzene rings is 2. The Morgan fingerprint density at radius 3 is 2.28 bits per heavy atom. The van der Waals surface area contributed by atoms with Gasteiger partial charge in [-0.15, -0.1) is 0 Å². The lowest BCUT2D eigenvalue weighted by Gasteiger charge is -2.13. The zero-order valence-corrected chi connectivity index (χ0v) is 12.7. The van der Waals surface area contributed by atoms with Crippen molar-refractivity contribution in [3.8, 4) is 0 Å². The van der Waals surface area contributed by atoms with Gasteiger partial charge < -0.3 is 10.6 Å². The summed E-state index contributed by atoms with van der Waals surface area (Å²) in [5.41, 5.74) is -1.06. The number of alkyl halides is 3. The molecule has 4 nitrogen and oxygen atoms in total. The summed E-state index contributed by atoms with van der Waals surface area (Å²) in [7, 11) is 0. The van der Waals surface area contributed by atoms with E-state index in [1.165, 1.54) is 17.4 Å². The van der Waals surface area contributed by atoms with Crippen LogP contribution in [0.25, 0.3) is 0 Å². The molecule has 132 valence electrons. The van der Waals surface area contributed by atoms with Gasteiger partial charge in [0.15, 0.2) is 5.82 Å². The summed E-state index contributed by atoms with van der Waals surface area (Å²) >= 11 is 0. The van der Waals surface area contributed by atoms with Crippen LogP contribution in [-0.2, 0) is 4.79 Å². The Bertz CT molecular complexity index is 834. The van der Waals surface area contributed by atoms with E-state index < -0.39 is 41.0 Å². The van der Waals surface area contributed by atoms with E-state index in [4.69, 9.17) is 0 Å². The zero-order valence-electron chi connectivity index (χ0n) is 12.7. The molecule has 2 rings (SSSR count). The third kappa shape index (κ3) is 4.31. The number of anilines is 2. The van der Waals surface area contributed by atoms with Crippen LogP contribution in [0.15, 0.2) is 36.4 Å². The Labute approximate surface area is 138 Å². The molecule has 2 aromatic rings. The fourth-order valence-electron chi connectivity index (χ4n) is 1.93. The summed E-state index contributed by atoms with van der Waals surface area (Å²) < 4.78 is 64.7. The Morgan fingerprint density at radius 1 is 1.00 bits per heavy atom. The minimum absolute atomic E-state index is 0.100. The summed E-state index contributed by atoms with van der Waals surface area (Å²) in [6.45, 7) is 1.70. The molecule has 2 aromatic carbocycles. The summed E-state index contributed by atoms with van der Waals surface area (Å²) in [5, 5.41) is 3.24. The number of carbonyl (C=O) groups excluding carboxylic acids is 2. The van der Waals surface area contributed by atoms with Gasteiger partial charge in [0.05, 0.1) is 5.69 Å². The quantitative estimate of drug-likeness (QED) is 0.814. The first-order chi connectivity index (χ1) is 11.6. The molecular weight excluding hydrogens is 347 g/mol. The molecule has 0 aliphatic carbocycles. The molecule has 0 bridgehead atoms. The smallest absolute Gasteiger partial charge is 0.317 e. The lowest BCUT2D eigenvalue weighted by Crippen LogP contribution is -2.30. The van der Waals surface area contributed by atoms with Gasteiger partial charge in [-0.05, 0) is 31.2 Å². The Hall–Kier alpha value is -2.97. The molecule has 0 atom stereocenters. The lowest BCUT2D eigenvalue weighted by molar-refractivity contribution is -0.167. The highest BCUT2D eigenvalue weighted by Crippen LogP contribution is 2.28. The van der Waals surface area contributed by atoms with E-state index in [1.807, 2.05) is 5.32 Å². The van der Waals surface area contributed by atoms with Crippen molar-refractivity contribution in [3.05, 3.63) is 59.2 Å². The molecular formula is C16H11F5N2O2. The second-order valence-electron chi connectivity index (χ2n) is 5.06. The number of halogens is 5. The number of rotatable bonds is 3. The number of hydrogen-bond acceptors (Lipinski definition) is 2. The average molecular weight is 358 g/mol. The van der Waals surface area contributed by atoms with Crippen molar-refractivity contribution in [2.45, 2.75) is 13.1 Å². The van der Waals surface area contributed by atoms with Gasteiger partial charge in [-0.2, -0.15) is 13.2 Å². The fourth-order valence-corrected chi connectivity index (χ4v) is 1.93. The Morgan fingerprint density at radius 2 is 1.68 bits per heavy atom. The first kappa shape index (κ1) is 18.4. The Kier molecular flexibility index (Phi) is 5.05. The van der Waals surface area contributed by atoms with Crippen LogP contribution in [-0.4, -0.2) is 18.0 Å². The van der Waals surface area contributed by atoms with Crippen molar-refractivity contribution in [3.63, 3.8) is 0 Å². The van der Waals surface area contributed by atoms with Crippen LogP contribution in [0.4, 0.5) is 33.3 Å². The van der Waals surface area contributed by atoms with E-state index in [2.05, 4.69) is 0 Å². The Balaban J connectivity index is 2.30. The number of nitrogens with one attached hydrogen (secondary N) is 2. The van der Waals surface area contributed by atoms with Crippen LogP contribution < -0.4 is 10.6 Å². The van der Waals surface area contributed by atoms with Crippen LogP contribution in [0.2, 0.25) is 0 Å². The van der Waals surface area contributed by atoms with E-state index >= 15 is 0 Å². The van der Waals surface area contributed by atoms with E-state index in [0.29, 0.717) is 12.1 Å². The normalized spacial score (nSPS) is 11.1. The molecule has 0 unspecified atom stereocenters. The van der Waals surface area contributed by atoms with Gasteiger partial charge in [-0.1, -0.05) is 17.7 Å². The minimum Gasteiger partial charge on any atom is -0.317 e. The third-order valence-corrected chi connectivity index (χ3v) is 3.12. The van der Waals surface area contributed by atoms with Gasteiger partial charge >= 0.3 is 12.1 Å². The monoisotopic (exact) mass is 358 g/mol. The average Bonchev–Trinajstić information content (AvgIpc) is 2.53. The van der Waals surface area contributed by atoms with Gasteiger partial charge in [-0.25, -0.2) is 8.78 Å². The molecule has 0 aromatic heterocycles. The zero-order chi connectivity index (χ0) is 18.8. The number of amides is 2. The lowest BCUT2D eigenvalue weighted by atomic mass is 10.1. The van der Waals surface area contributed by atoms with Crippen LogP contribution in [0.1, 0.15) is 15.9 Å². The molecule has 0 radical (unpaired) electrons. The van der Waals surface area contributed by atoms with E-state index in [0.717, 1.165) is 5.56 Å². The summed E-state index contributed by atoms with van der Waals surface area (Å²) in [4.78, 5) is 22.9. The molecule has 0 saturated carbocycles. The van der Waals surface area contributed by atoms with Crippen LogP contribution in [0, 0.1) is 18.6 Å². The first-order valence-corrected chi connectivity index (χ1v) is 6.84. The molecule has 0 fully saturated rings. The number of hydrogen-bond donors (Lipinski definition) is 2. The van der Waals surface area contributed by atoms with E-state index in [1.54, 1.807) is 19.1 Å². The van der Waals surface area contributed by atoms with Gasteiger partial charge in [-0.3, -0.25) is 9.59 Å². The van der Waals surface area contributed by atoms with Crippen LogP contribution in [0.3, 0.4) is 0 Å². The summed E-state index contributed by atoms with van der Waals surface area (Å²) in [6.07, 6.45) is -5.24. The van der Waals surface area contributed by atoms with Gasteiger partial charge in [0.1, 0.15) is 11.5 Å². The standard InChI is InChI=1S/C16H11F5N2O2/c1-8-3-2-4-9(7-8)14(24)23-13-10(17)5-6-11(12(13)18)22-15(25)16(19,20)21/h2-7H,1H3,(H,22,25)(H,23,24). The molecule has 2 amide bonds. The van der Waals surface area contributed by atoms with Crippen molar-refractivity contribution in [2.24, 2.45) is 0 Å². The van der Waals surface area contributed by atoms with Gasteiger partial charge in [0.2, 0.25) is 0 Å². The second-order valence-corrected chi connectivity index (χ2v) is 5.06. The maximum Gasteiger partial charge on any atom is 0.471 e.